The lowest BCUT2D eigenvalue weighted by molar-refractivity contribution is -0.135. The molecule has 0 aromatic carbocycles. The molecule has 0 aliphatic heterocycles. The second-order valence-corrected chi connectivity index (χ2v) is 7.19. The Bertz CT molecular complexity index is 707. The Morgan fingerprint density at radius 2 is 1.96 bits per heavy atom. The van der Waals surface area contributed by atoms with Crippen LogP contribution in [0.5, 0.6) is 0 Å². The lowest BCUT2D eigenvalue weighted by Crippen LogP contribution is -2.25. The van der Waals surface area contributed by atoms with E-state index >= 15 is 0 Å². The van der Waals surface area contributed by atoms with Gasteiger partial charge in [-0.05, 0) is 41.5 Å². The summed E-state index contributed by atoms with van der Waals surface area (Å²) in [4.78, 5) is 44.0. The first-order chi connectivity index (χ1) is 12.5. The number of oxime groups is 1. The van der Waals surface area contributed by atoms with Gasteiger partial charge in [0.1, 0.15) is 11.3 Å². The lowest BCUT2D eigenvalue weighted by atomic mass is 10.2. The van der Waals surface area contributed by atoms with Crippen LogP contribution in [0.1, 0.15) is 47.2 Å². The standard InChI is InChI=1S/C16H23N3O7S/c1-7-23-12(20)11(19-26-15(22)25-16(4,5)6)10-8-27-13(17-10)18-14(21)24-9(2)3/h8-9H,7H2,1-6H3,(H,17,18,21). The van der Waals surface area contributed by atoms with Crippen molar-refractivity contribution in [2.75, 3.05) is 11.9 Å². The summed E-state index contributed by atoms with van der Waals surface area (Å²) in [7, 11) is 0. The first-order valence-corrected chi connectivity index (χ1v) is 8.98. The third kappa shape index (κ3) is 8.49. The van der Waals surface area contributed by atoms with Gasteiger partial charge in [-0.25, -0.2) is 19.4 Å². The van der Waals surface area contributed by atoms with Crippen molar-refractivity contribution in [2.24, 2.45) is 5.16 Å². The summed E-state index contributed by atoms with van der Waals surface area (Å²) in [6.45, 7) is 10.1. The number of amides is 1. The molecule has 1 amide bonds. The van der Waals surface area contributed by atoms with Crippen molar-refractivity contribution in [3.05, 3.63) is 11.1 Å². The number of aromatic nitrogens is 1. The molecule has 27 heavy (non-hydrogen) atoms. The number of nitrogens with zero attached hydrogens (tertiary/aromatic N) is 2. The zero-order chi connectivity index (χ0) is 20.6. The van der Waals surface area contributed by atoms with Crippen LogP contribution in [0.15, 0.2) is 10.5 Å². The molecular weight excluding hydrogens is 378 g/mol. The Hall–Kier alpha value is -2.69. The lowest BCUT2D eigenvalue weighted by Gasteiger charge is -2.17. The zero-order valence-corrected chi connectivity index (χ0v) is 16.8. The average molecular weight is 401 g/mol. The van der Waals surface area contributed by atoms with Crippen LogP contribution in [0, 0.1) is 0 Å². The van der Waals surface area contributed by atoms with Crippen LogP contribution in [0.3, 0.4) is 0 Å². The van der Waals surface area contributed by atoms with Crippen molar-refractivity contribution in [1.82, 2.24) is 4.98 Å². The van der Waals surface area contributed by atoms with Crippen LogP contribution >= 0.6 is 11.3 Å². The van der Waals surface area contributed by atoms with Gasteiger partial charge in [0.05, 0.1) is 12.7 Å². The largest absolute Gasteiger partial charge is 0.535 e. The Morgan fingerprint density at radius 1 is 1.30 bits per heavy atom. The Kier molecular flexibility index (Phi) is 8.16. The molecule has 1 heterocycles. The maximum atomic E-state index is 12.1. The first kappa shape index (κ1) is 22.4. The molecule has 1 aromatic heterocycles. The fourth-order valence-electron chi connectivity index (χ4n) is 1.51. The second kappa shape index (κ2) is 9.86. The number of nitrogens with one attached hydrogen (secondary N) is 1. The molecule has 1 N–H and O–H groups in total. The second-order valence-electron chi connectivity index (χ2n) is 6.33. The molecule has 0 fully saturated rings. The molecule has 0 radical (unpaired) electrons. The highest BCUT2D eigenvalue weighted by atomic mass is 32.1. The predicted molar refractivity (Wildman–Crippen MR) is 97.8 cm³/mol. The molecule has 11 heteroatoms. The molecule has 0 aliphatic carbocycles. The SMILES string of the molecule is CCOC(=O)C(=NOC(=O)OC(C)(C)C)c1csc(NC(=O)OC(C)C)n1. The molecule has 0 saturated heterocycles. The third-order valence-electron chi connectivity index (χ3n) is 2.37. The maximum Gasteiger partial charge on any atom is 0.535 e. The summed E-state index contributed by atoms with van der Waals surface area (Å²) >= 11 is 1.03. The highest BCUT2D eigenvalue weighted by Gasteiger charge is 2.23. The molecular formula is C16H23N3O7S. The molecule has 1 rings (SSSR count). The van der Waals surface area contributed by atoms with E-state index in [2.05, 4.69) is 20.3 Å². The van der Waals surface area contributed by atoms with Crippen molar-refractivity contribution in [3.8, 4) is 0 Å². The summed E-state index contributed by atoms with van der Waals surface area (Å²) in [5, 5.41) is 7.54. The smallest absolute Gasteiger partial charge is 0.461 e. The monoisotopic (exact) mass is 401 g/mol. The molecule has 0 saturated carbocycles. The number of hydrogen-bond donors (Lipinski definition) is 1. The van der Waals surface area contributed by atoms with E-state index in [-0.39, 0.29) is 29.2 Å². The highest BCUT2D eigenvalue weighted by molar-refractivity contribution is 7.14. The van der Waals surface area contributed by atoms with E-state index in [1.165, 1.54) is 5.38 Å². The van der Waals surface area contributed by atoms with E-state index in [0.717, 1.165) is 11.3 Å². The highest BCUT2D eigenvalue weighted by Crippen LogP contribution is 2.18. The molecule has 0 spiro atoms. The van der Waals surface area contributed by atoms with Crippen LogP contribution in [-0.2, 0) is 23.8 Å². The van der Waals surface area contributed by atoms with Crippen molar-refractivity contribution >= 4 is 40.4 Å². The van der Waals surface area contributed by atoms with E-state index in [1.807, 2.05) is 0 Å². The van der Waals surface area contributed by atoms with Crippen molar-refractivity contribution < 1.29 is 33.4 Å². The van der Waals surface area contributed by atoms with E-state index in [9.17, 15) is 14.4 Å². The Morgan fingerprint density at radius 3 is 2.52 bits per heavy atom. The number of carbonyl (C=O) groups excluding carboxylic acids is 3. The summed E-state index contributed by atoms with van der Waals surface area (Å²) in [5.74, 6) is -0.845. The third-order valence-corrected chi connectivity index (χ3v) is 3.13. The summed E-state index contributed by atoms with van der Waals surface area (Å²) in [5.41, 5.74) is -1.07. The van der Waals surface area contributed by atoms with Gasteiger partial charge in [0.15, 0.2) is 5.13 Å². The minimum Gasteiger partial charge on any atom is -0.461 e. The van der Waals surface area contributed by atoms with Crippen molar-refractivity contribution in [2.45, 2.75) is 53.2 Å². The minimum absolute atomic E-state index is 0.0573. The van der Waals surface area contributed by atoms with E-state index in [0.29, 0.717) is 0 Å². The van der Waals surface area contributed by atoms with Crippen LogP contribution in [0.4, 0.5) is 14.7 Å². The molecule has 0 unspecified atom stereocenters. The van der Waals surface area contributed by atoms with Gasteiger partial charge in [-0.15, -0.1) is 11.3 Å². The van der Waals surface area contributed by atoms with Gasteiger partial charge in [-0.1, -0.05) is 5.16 Å². The van der Waals surface area contributed by atoms with Crippen LogP contribution in [-0.4, -0.2) is 47.2 Å². The van der Waals surface area contributed by atoms with Gasteiger partial charge in [0, 0.05) is 5.38 Å². The number of ether oxygens (including phenoxy) is 3. The number of carbonyl (C=O) groups is 3. The summed E-state index contributed by atoms with van der Waals surface area (Å²) in [6.07, 6.45) is -2.08. The van der Waals surface area contributed by atoms with Gasteiger partial charge in [-0.2, -0.15) is 0 Å². The first-order valence-electron chi connectivity index (χ1n) is 8.10. The van der Waals surface area contributed by atoms with Crippen molar-refractivity contribution in [3.63, 3.8) is 0 Å². The molecule has 0 bridgehead atoms. The minimum atomic E-state index is -1.08. The van der Waals surface area contributed by atoms with Gasteiger partial charge in [-0.3, -0.25) is 10.2 Å². The zero-order valence-electron chi connectivity index (χ0n) is 16.0. The van der Waals surface area contributed by atoms with E-state index in [4.69, 9.17) is 14.2 Å². The Labute approximate surface area is 160 Å². The van der Waals surface area contributed by atoms with Crippen LogP contribution in [0.25, 0.3) is 0 Å². The fraction of sp³-hybridized carbons (Fsp3) is 0.562. The molecule has 1 aromatic rings. The topological polar surface area (TPSA) is 125 Å². The summed E-state index contributed by atoms with van der Waals surface area (Å²) < 4.78 is 14.8. The van der Waals surface area contributed by atoms with Crippen LogP contribution in [0.2, 0.25) is 0 Å². The number of anilines is 1. The normalized spacial score (nSPS) is 11.7. The van der Waals surface area contributed by atoms with Gasteiger partial charge in [0.2, 0.25) is 5.71 Å². The molecule has 0 aliphatic rings. The molecule has 0 atom stereocenters. The van der Waals surface area contributed by atoms with Gasteiger partial charge >= 0.3 is 18.2 Å². The molecule has 150 valence electrons. The van der Waals surface area contributed by atoms with Crippen molar-refractivity contribution in [1.29, 1.82) is 0 Å². The fourth-order valence-corrected chi connectivity index (χ4v) is 2.19. The van der Waals surface area contributed by atoms with Crippen LogP contribution < -0.4 is 5.32 Å². The van der Waals surface area contributed by atoms with Gasteiger partial charge in [0.25, 0.3) is 0 Å². The number of hydrogen-bond acceptors (Lipinski definition) is 10. The number of rotatable bonds is 6. The van der Waals surface area contributed by atoms with E-state index in [1.54, 1.807) is 41.5 Å². The maximum absolute atomic E-state index is 12.1. The van der Waals surface area contributed by atoms with E-state index < -0.39 is 23.8 Å². The quantitative estimate of drug-likeness (QED) is 0.253. The van der Waals surface area contributed by atoms with Gasteiger partial charge < -0.3 is 14.2 Å². The Balaban J connectivity index is 2.94. The summed E-state index contributed by atoms with van der Waals surface area (Å²) in [6, 6.07) is 0. The number of thiazole rings is 1. The average Bonchev–Trinajstić information content (AvgIpc) is 2.93. The number of esters is 1. The molecule has 10 nitrogen and oxygen atoms in total. The predicted octanol–water partition coefficient (Wildman–Crippen LogP) is 3.32.